The molecule has 136 valence electrons. The molecule has 0 saturated carbocycles. The Labute approximate surface area is 180 Å². The molecule has 0 bridgehead atoms. The molecule has 0 aliphatic carbocycles. The minimum Gasteiger partial charge on any atom is -0.342 e. The average molecular weight is 478 g/mol. The van der Waals surface area contributed by atoms with Gasteiger partial charge in [0.05, 0.1) is 4.91 Å². The molecule has 3 nitrogen and oxygen atoms in total. The summed E-state index contributed by atoms with van der Waals surface area (Å²) in [4.78, 5) is 14.5. The Morgan fingerprint density at radius 1 is 1.22 bits per heavy atom. The molecule has 1 saturated heterocycles. The molecule has 4 rings (SSSR count). The van der Waals surface area contributed by atoms with E-state index in [1.807, 2.05) is 36.4 Å². The van der Waals surface area contributed by atoms with Gasteiger partial charge in [-0.1, -0.05) is 63.6 Å². The third-order valence-electron chi connectivity index (χ3n) is 4.41. The number of rotatable bonds is 3. The van der Waals surface area contributed by atoms with Crippen LogP contribution in [-0.2, 0) is 11.3 Å². The van der Waals surface area contributed by atoms with Gasteiger partial charge in [-0.25, -0.2) is 0 Å². The fourth-order valence-electron chi connectivity index (χ4n) is 3.02. The zero-order valence-electron chi connectivity index (χ0n) is 14.3. The van der Waals surface area contributed by atoms with Gasteiger partial charge in [0.15, 0.2) is 0 Å². The molecule has 1 fully saturated rings. The number of carbonyl (C=O) groups excluding carboxylic acids is 1. The molecule has 2 heterocycles. The molecule has 1 aliphatic rings. The van der Waals surface area contributed by atoms with E-state index in [0.717, 1.165) is 38.1 Å². The number of hydrogen-bond acceptors (Lipinski definition) is 3. The van der Waals surface area contributed by atoms with Gasteiger partial charge in [-0.05, 0) is 42.0 Å². The van der Waals surface area contributed by atoms with E-state index in [1.165, 1.54) is 16.7 Å². The quantitative estimate of drug-likeness (QED) is 0.345. The molecule has 1 amide bonds. The van der Waals surface area contributed by atoms with Gasteiger partial charge >= 0.3 is 0 Å². The molecule has 1 aliphatic heterocycles. The van der Waals surface area contributed by atoms with E-state index in [-0.39, 0.29) is 5.91 Å². The van der Waals surface area contributed by atoms with E-state index in [2.05, 4.69) is 38.8 Å². The van der Waals surface area contributed by atoms with E-state index in [9.17, 15) is 4.79 Å². The summed E-state index contributed by atoms with van der Waals surface area (Å²) in [5.41, 5.74) is 3.26. The Kier molecular flexibility index (Phi) is 5.16. The van der Waals surface area contributed by atoms with Crippen LogP contribution in [0, 0.1) is 0 Å². The van der Waals surface area contributed by atoms with Crippen LogP contribution in [0.15, 0.2) is 58.0 Å². The number of benzene rings is 2. The standard InChI is InChI=1S/C20H14BrClN2OS2/c1-23-19(25)18(27-20(23)26)8-13-11-24(10-12-2-5-15(22)6-3-12)17-7-4-14(21)9-16(13)17/h2-9,11H,10H2,1H3/b18-8-. The van der Waals surface area contributed by atoms with Crippen molar-refractivity contribution in [2.24, 2.45) is 0 Å². The number of aromatic nitrogens is 1. The number of nitrogens with zero attached hydrogens (tertiary/aromatic N) is 2. The molecular weight excluding hydrogens is 464 g/mol. The predicted molar refractivity (Wildman–Crippen MR) is 121 cm³/mol. The molecule has 0 N–H and O–H groups in total. The van der Waals surface area contributed by atoms with Crippen molar-refractivity contribution in [1.29, 1.82) is 0 Å². The minimum absolute atomic E-state index is 0.0569. The Morgan fingerprint density at radius 2 is 1.96 bits per heavy atom. The highest BCUT2D eigenvalue weighted by molar-refractivity contribution is 9.10. The van der Waals surface area contributed by atoms with Crippen molar-refractivity contribution >= 4 is 78.7 Å². The summed E-state index contributed by atoms with van der Waals surface area (Å²) in [6.07, 6.45) is 4.00. The third kappa shape index (κ3) is 3.72. The fourth-order valence-corrected chi connectivity index (χ4v) is 4.67. The number of hydrogen-bond donors (Lipinski definition) is 0. The van der Waals surface area contributed by atoms with Crippen molar-refractivity contribution in [3.63, 3.8) is 0 Å². The van der Waals surface area contributed by atoms with Crippen LogP contribution in [0.1, 0.15) is 11.1 Å². The zero-order valence-corrected chi connectivity index (χ0v) is 18.3. The zero-order chi connectivity index (χ0) is 19.1. The van der Waals surface area contributed by atoms with Crippen LogP contribution >= 0.6 is 51.5 Å². The highest BCUT2D eigenvalue weighted by Gasteiger charge is 2.29. The van der Waals surface area contributed by atoms with Gasteiger partial charge in [-0.2, -0.15) is 0 Å². The summed E-state index contributed by atoms with van der Waals surface area (Å²) in [6, 6.07) is 14.0. The van der Waals surface area contributed by atoms with E-state index in [4.69, 9.17) is 23.8 Å². The number of fused-ring (bicyclic) bond motifs is 1. The lowest BCUT2D eigenvalue weighted by Crippen LogP contribution is -2.22. The van der Waals surface area contributed by atoms with Gasteiger partial charge in [-0.3, -0.25) is 9.69 Å². The Bertz CT molecular complexity index is 1110. The largest absolute Gasteiger partial charge is 0.342 e. The van der Waals surface area contributed by atoms with Gasteiger partial charge in [0.25, 0.3) is 5.91 Å². The van der Waals surface area contributed by atoms with Crippen molar-refractivity contribution in [2.45, 2.75) is 6.54 Å². The van der Waals surface area contributed by atoms with E-state index in [0.29, 0.717) is 9.23 Å². The molecule has 0 atom stereocenters. The Morgan fingerprint density at radius 3 is 2.63 bits per heavy atom. The van der Waals surface area contributed by atoms with Crippen molar-refractivity contribution in [3.8, 4) is 0 Å². The molecule has 2 aromatic carbocycles. The molecule has 0 spiro atoms. The number of likely N-dealkylation sites (N-methyl/N-ethyl adjacent to an activating group) is 1. The molecule has 0 radical (unpaired) electrons. The second kappa shape index (κ2) is 7.43. The van der Waals surface area contributed by atoms with Gasteiger partial charge in [-0.15, -0.1) is 0 Å². The van der Waals surface area contributed by atoms with Crippen LogP contribution in [0.3, 0.4) is 0 Å². The van der Waals surface area contributed by atoms with Gasteiger partial charge in [0.2, 0.25) is 0 Å². The second-order valence-electron chi connectivity index (χ2n) is 6.24. The number of halogens is 2. The minimum atomic E-state index is -0.0569. The topological polar surface area (TPSA) is 25.2 Å². The van der Waals surface area contributed by atoms with Crippen molar-refractivity contribution < 1.29 is 4.79 Å². The predicted octanol–water partition coefficient (Wildman–Crippen LogP) is 5.94. The fraction of sp³-hybridized carbons (Fsp3) is 0.100. The van der Waals surface area contributed by atoms with Crippen LogP contribution in [-0.4, -0.2) is 26.7 Å². The highest BCUT2D eigenvalue weighted by Crippen LogP contribution is 2.34. The third-order valence-corrected chi connectivity index (χ3v) is 6.64. The first-order valence-corrected chi connectivity index (χ1v) is 10.6. The molecule has 3 aromatic rings. The van der Waals surface area contributed by atoms with Gasteiger partial charge in [0.1, 0.15) is 4.32 Å². The molecular formula is C20H14BrClN2OS2. The van der Waals surface area contributed by atoms with Gasteiger partial charge in [0, 0.05) is 45.8 Å². The Balaban J connectivity index is 1.79. The smallest absolute Gasteiger partial charge is 0.265 e. The first-order valence-electron chi connectivity index (χ1n) is 8.17. The summed E-state index contributed by atoms with van der Waals surface area (Å²) < 4.78 is 3.76. The SMILES string of the molecule is CN1C(=O)/C(=C/c2cn(Cc3ccc(Cl)cc3)c3ccc(Br)cc23)SC1=S. The summed E-state index contributed by atoms with van der Waals surface area (Å²) in [5, 5.41) is 1.81. The number of thioether (sulfide) groups is 1. The lowest BCUT2D eigenvalue weighted by Gasteiger charge is -2.06. The summed E-state index contributed by atoms with van der Waals surface area (Å²) in [5.74, 6) is -0.0569. The van der Waals surface area contributed by atoms with Crippen LogP contribution in [0.5, 0.6) is 0 Å². The lowest BCUT2D eigenvalue weighted by atomic mass is 10.1. The highest BCUT2D eigenvalue weighted by atomic mass is 79.9. The van der Waals surface area contributed by atoms with E-state index >= 15 is 0 Å². The maximum atomic E-state index is 12.4. The van der Waals surface area contributed by atoms with Crippen molar-refractivity contribution in [2.75, 3.05) is 7.05 Å². The molecule has 0 unspecified atom stereocenters. The maximum absolute atomic E-state index is 12.4. The van der Waals surface area contributed by atoms with Crippen molar-refractivity contribution in [1.82, 2.24) is 9.47 Å². The first kappa shape index (κ1) is 18.7. The van der Waals surface area contributed by atoms with Crippen LogP contribution in [0.25, 0.3) is 17.0 Å². The van der Waals surface area contributed by atoms with Gasteiger partial charge < -0.3 is 4.57 Å². The van der Waals surface area contributed by atoms with E-state index < -0.39 is 0 Å². The number of thiocarbonyl (C=S) groups is 1. The summed E-state index contributed by atoms with van der Waals surface area (Å²) in [6.45, 7) is 0.720. The molecule has 1 aromatic heterocycles. The summed E-state index contributed by atoms with van der Waals surface area (Å²) in [7, 11) is 1.71. The van der Waals surface area contributed by atoms with E-state index in [1.54, 1.807) is 7.05 Å². The van der Waals surface area contributed by atoms with Crippen LogP contribution in [0.4, 0.5) is 0 Å². The lowest BCUT2D eigenvalue weighted by molar-refractivity contribution is -0.121. The van der Waals surface area contributed by atoms with Crippen LogP contribution in [0.2, 0.25) is 5.02 Å². The molecule has 27 heavy (non-hydrogen) atoms. The Hall–Kier alpha value is -1.60. The first-order chi connectivity index (χ1) is 12.9. The van der Waals surface area contributed by atoms with Crippen LogP contribution < -0.4 is 0 Å². The molecule has 7 heteroatoms. The second-order valence-corrected chi connectivity index (χ2v) is 9.27. The summed E-state index contributed by atoms with van der Waals surface area (Å²) >= 11 is 16.1. The normalized spacial score (nSPS) is 16.1. The number of carbonyl (C=O) groups is 1. The maximum Gasteiger partial charge on any atom is 0.265 e. The monoisotopic (exact) mass is 476 g/mol. The van der Waals surface area contributed by atoms with Crippen molar-refractivity contribution in [3.05, 3.63) is 74.2 Å². The number of amides is 1. The average Bonchev–Trinajstić information content (AvgIpc) is 3.09.